The van der Waals surface area contributed by atoms with Crippen molar-refractivity contribution in [2.45, 2.75) is 95.4 Å². The van der Waals surface area contributed by atoms with Crippen molar-refractivity contribution in [2.24, 2.45) is 0 Å². The summed E-state index contributed by atoms with van der Waals surface area (Å²) in [4.78, 5) is 5.05. The molecule has 2 aliphatic carbocycles. The molecule has 0 spiro atoms. The van der Waals surface area contributed by atoms with Crippen LogP contribution in [0.1, 0.15) is 95.8 Å². The van der Waals surface area contributed by atoms with Crippen molar-refractivity contribution < 1.29 is 0 Å². The van der Waals surface area contributed by atoms with E-state index < -0.39 is 0 Å². The fourth-order valence-corrected chi connectivity index (χ4v) is 8.92. The molecule has 54 heavy (non-hydrogen) atoms. The molecule has 0 radical (unpaired) electrons. The Morgan fingerprint density at radius 2 is 0.852 bits per heavy atom. The van der Waals surface area contributed by atoms with Crippen LogP contribution in [0, 0.1) is 83.1 Å². The minimum Gasteiger partial charge on any atom is -0.310 e. The molecule has 1 unspecified atom stereocenters. The number of rotatable bonds is 6. The minimum atomic E-state index is 0.321. The number of nitrogens with zero attached hydrogens (tertiary/aromatic N) is 2. The minimum absolute atomic E-state index is 0.321. The second-order valence-electron chi connectivity index (χ2n) is 16.4. The van der Waals surface area contributed by atoms with Crippen LogP contribution in [0.4, 0.5) is 28.4 Å². The van der Waals surface area contributed by atoms with Gasteiger partial charge in [0.2, 0.25) is 0 Å². The SMILES string of the molecule is Cc1cc(N(C2=CCC3C=Cc4c(N(c5cc(C)c(C)c(C)c5)c5cc(C)c(C)c(C)c5)ccc5ccc2c3c45)c2cc(C)c(C)c(C)c2)cc(C)c1C. The third-order valence-electron chi connectivity index (χ3n) is 13.1. The molecule has 0 bridgehead atoms. The van der Waals surface area contributed by atoms with Gasteiger partial charge in [0.05, 0.1) is 5.69 Å². The van der Waals surface area contributed by atoms with E-state index in [9.17, 15) is 0 Å². The number of benzene rings is 6. The van der Waals surface area contributed by atoms with Gasteiger partial charge in [-0.25, -0.2) is 0 Å². The van der Waals surface area contributed by atoms with E-state index in [0.29, 0.717) is 5.92 Å². The Morgan fingerprint density at radius 1 is 0.463 bits per heavy atom. The Balaban J connectivity index is 1.39. The molecule has 0 aliphatic heterocycles. The molecule has 0 N–H and O–H groups in total. The topological polar surface area (TPSA) is 6.48 Å². The van der Waals surface area contributed by atoms with Gasteiger partial charge in [0.1, 0.15) is 0 Å². The number of allylic oxidation sites excluding steroid dienone is 2. The number of aryl methyl sites for hydroxylation is 8. The van der Waals surface area contributed by atoms with Gasteiger partial charge in [0.25, 0.3) is 0 Å². The lowest BCUT2D eigenvalue weighted by Crippen LogP contribution is -2.22. The highest BCUT2D eigenvalue weighted by atomic mass is 15.2. The molecule has 272 valence electrons. The van der Waals surface area contributed by atoms with Crippen LogP contribution in [0.2, 0.25) is 0 Å². The summed E-state index contributed by atoms with van der Waals surface area (Å²) in [6, 6.07) is 28.5. The summed E-state index contributed by atoms with van der Waals surface area (Å²) in [6.45, 7) is 26.9. The normalized spacial score (nSPS) is 14.4. The summed E-state index contributed by atoms with van der Waals surface area (Å²) in [6.07, 6.45) is 8.35. The van der Waals surface area contributed by atoms with Crippen molar-refractivity contribution in [1.82, 2.24) is 0 Å². The third-order valence-corrected chi connectivity index (χ3v) is 13.1. The number of anilines is 5. The summed E-state index contributed by atoms with van der Waals surface area (Å²) >= 11 is 0. The monoisotopic (exact) mass is 706 g/mol. The van der Waals surface area contributed by atoms with E-state index in [1.807, 2.05) is 0 Å². The van der Waals surface area contributed by atoms with Crippen LogP contribution in [-0.2, 0) is 0 Å². The molecule has 6 aromatic carbocycles. The molecule has 2 nitrogen and oxygen atoms in total. The third kappa shape index (κ3) is 5.70. The van der Waals surface area contributed by atoms with Crippen LogP contribution in [0.3, 0.4) is 0 Å². The highest BCUT2D eigenvalue weighted by molar-refractivity contribution is 6.06. The lowest BCUT2D eigenvalue weighted by molar-refractivity contribution is 0.851. The molecule has 6 aromatic rings. The van der Waals surface area contributed by atoms with Gasteiger partial charge in [0.15, 0.2) is 0 Å². The van der Waals surface area contributed by atoms with Crippen LogP contribution in [0.15, 0.2) is 84.9 Å². The van der Waals surface area contributed by atoms with Gasteiger partial charge in [0, 0.05) is 45.5 Å². The maximum absolute atomic E-state index is 2.54. The van der Waals surface area contributed by atoms with E-state index in [-0.39, 0.29) is 0 Å². The van der Waals surface area contributed by atoms with Gasteiger partial charge in [-0.1, -0.05) is 36.4 Å². The highest BCUT2D eigenvalue weighted by Crippen LogP contribution is 2.51. The molecular formula is C52H54N2. The van der Waals surface area contributed by atoms with Crippen molar-refractivity contribution in [2.75, 3.05) is 9.80 Å². The number of hydrogen-bond donors (Lipinski definition) is 0. The average molecular weight is 707 g/mol. The lowest BCUT2D eigenvalue weighted by atomic mass is 9.77. The molecule has 0 amide bonds. The summed E-state index contributed by atoms with van der Waals surface area (Å²) in [5, 5.41) is 2.67. The molecule has 2 aliphatic rings. The van der Waals surface area contributed by atoms with Crippen molar-refractivity contribution in [1.29, 1.82) is 0 Å². The molecule has 2 heteroatoms. The van der Waals surface area contributed by atoms with E-state index in [0.717, 1.165) is 6.42 Å². The van der Waals surface area contributed by atoms with Crippen molar-refractivity contribution >= 4 is 51.0 Å². The first-order chi connectivity index (χ1) is 25.7. The van der Waals surface area contributed by atoms with Gasteiger partial charge in [-0.3, -0.25) is 0 Å². The first-order valence-electron chi connectivity index (χ1n) is 19.6. The zero-order valence-electron chi connectivity index (χ0n) is 34.3. The van der Waals surface area contributed by atoms with Gasteiger partial charge >= 0.3 is 0 Å². The Bertz CT molecular complexity index is 2400. The zero-order valence-corrected chi connectivity index (χ0v) is 34.3. The van der Waals surface area contributed by atoms with Gasteiger partial charge < -0.3 is 9.80 Å². The second-order valence-corrected chi connectivity index (χ2v) is 16.4. The molecule has 0 heterocycles. The molecule has 0 aromatic heterocycles. The Kier molecular flexibility index (Phi) is 8.72. The maximum Gasteiger partial charge on any atom is 0.0540 e. The van der Waals surface area contributed by atoms with Gasteiger partial charge in [-0.05, 0) is 227 Å². The fourth-order valence-electron chi connectivity index (χ4n) is 8.92. The number of hydrogen-bond acceptors (Lipinski definition) is 2. The quantitative estimate of drug-likeness (QED) is 0.170. The average Bonchev–Trinajstić information content (AvgIpc) is 3.14. The first kappa shape index (κ1) is 35.7. The molecule has 0 saturated carbocycles. The maximum atomic E-state index is 2.54. The van der Waals surface area contributed by atoms with Gasteiger partial charge in [-0.15, -0.1) is 0 Å². The largest absolute Gasteiger partial charge is 0.310 e. The van der Waals surface area contributed by atoms with Crippen LogP contribution < -0.4 is 9.80 Å². The standard InChI is InChI=1S/C52H54N2/c1-29-21-43(22-30(2)37(29)9)53(44-23-31(3)38(10)32(4)24-44)49-19-15-41-14-18-48-50(20-16-42-13-17-47(49)51(41)52(42)48)54(45-25-33(5)39(11)34(6)26-45)46-27-35(7)40(12)36(8)28-46/h13-15,17-28,42H,16H2,1-12H3. The van der Waals surface area contributed by atoms with Crippen molar-refractivity contribution in [3.05, 3.63) is 168 Å². The zero-order chi connectivity index (χ0) is 38.3. The summed E-state index contributed by atoms with van der Waals surface area (Å²) in [5.41, 5.74) is 27.4. The smallest absolute Gasteiger partial charge is 0.0540 e. The van der Waals surface area contributed by atoms with Crippen molar-refractivity contribution in [3.63, 3.8) is 0 Å². The van der Waals surface area contributed by atoms with E-state index in [4.69, 9.17) is 0 Å². The Labute approximate surface area is 323 Å². The summed E-state index contributed by atoms with van der Waals surface area (Å²) in [7, 11) is 0. The molecule has 8 rings (SSSR count). The predicted octanol–water partition coefficient (Wildman–Crippen LogP) is 14.7. The highest BCUT2D eigenvalue weighted by Gasteiger charge is 2.32. The Morgan fingerprint density at radius 3 is 1.28 bits per heavy atom. The van der Waals surface area contributed by atoms with Crippen LogP contribution >= 0.6 is 0 Å². The van der Waals surface area contributed by atoms with Crippen LogP contribution in [-0.4, -0.2) is 0 Å². The molecule has 0 fully saturated rings. The van der Waals surface area contributed by atoms with E-state index >= 15 is 0 Å². The van der Waals surface area contributed by atoms with Crippen LogP contribution in [0.5, 0.6) is 0 Å². The van der Waals surface area contributed by atoms with E-state index in [1.54, 1.807) is 0 Å². The van der Waals surface area contributed by atoms with Crippen LogP contribution in [0.25, 0.3) is 22.5 Å². The molecule has 0 saturated heterocycles. The summed E-state index contributed by atoms with van der Waals surface area (Å²) < 4.78 is 0. The van der Waals surface area contributed by atoms with Gasteiger partial charge in [-0.2, -0.15) is 0 Å². The lowest BCUT2D eigenvalue weighted by Gasteiger charge is -2.37. The van der Waals surface area contributed by atoms with E-state index in [1.165, 1.54) is 128 Å². The predicted molar refractivity (Wildman–Crippen MR) is 235 cm³/mol. The molecular weight excluding hydrogens is 653 g/mol. The fraction of sp³-hybridized carbons (Fsp3) is 0.269. The first-order valence-corrected chi connectivity index (χ1v) is 19.6. The Hall–Kier alpha value is -5.34. The second kappa shape index (κ2) is 13.2. The van der Waals surface area contributed by atoms with E-state index in [2.05, 4.69) is 184 Å². The van der Waals surface area contributed by atoms with Crippen molar-refractivity contribution in [3.8, 4) is 0 Å². The summed E-state index contributed by atoms with van der Waals surface area (Å²) in [5.74, 6) is 0.321. The molecule has 1 atom stereocenters.